The average Bonchev–Trinajstić information content (AvgIpc) is 3.22. The first-order valence-corrected chi connectivity index (χ1v) is 12.1. The van der Waals surface area contributed by atoms with E-state index in [1.807, 2.05) is 26.0 Å². The molecule has 1 aromatic carbocycles. The van der Waals surface area contributed by atoms with Gasteiger partial charge in [0.15, 0.2) is 5.78 Å². The lowest BCUT2D eigenvalue weighted by molar-refractivity contribution is 0.0759. The molecule has 0 radical (unpaired) electrons. The van der Waals surface area contributed by atoms with Crippen LogP contribution in [0.5, 0.6) is 0 Å². The first kappa shape index (κ1) is 21.1. The Morgan fingerprint density at radius 3 is 2.53 bits per heavy atom. The van der Waals surface area contributed by atoms with Crippen molar-refractivity contribution in [3.05, 3.63) is 35.0 Å². The van der Waals surface area contributed by atoms with Gasteiger partial charge in [-0.2, -0.15) is 0 Å². The molecule has 1 fully saturated rings. The van der Waals surface area contributed by atoms with Gasteiger partial charge in [0, 0.05) is 41.0 Å². The van der Waals surface area contributed by atoms with Crippen LogP contribution in [0.15, 0.2) is 18.2 Å². The number of H-pyrrole nitrogens is 1. The summed E-state index contributed by atoms with van der Waals surface area (Å²) in [5.74, 6) is -0.127. The zero-order chi connectivity index (χ0) is 22.1. The van der Waals surface area contributed by atoms with Crippen molar-refractivity contribution < 1.29 is 18.0 Å². The summed E-state index contributed by atoms with van der Waals surface area (Å²) in [5, 5.41) is 3.85. The normalized spacial score (nSPS) is 23.5. The molecule has 2 N–H and O–H groups in total. The van der Waals surface area contributed by atoms with Gasteiger partial charge in [-0.25, -0.2) is 12.7 Å². The van der Waals surface area contributed by atoms with Crippen molar-refractivity contribution in [2.45, 2.75) is 52.0 Å². The number of benzene rings is 1. The van der Waals surface area contributed by atoms with E-state index < -0.39 is 15.4 Å². The summed E-state index contributed by atoms with van der Waals surface area (Å²) < 4.78 is 24.8. The molecule has 1 saturated heterocycles. The van der Waals surface area contributed by atoms with E-state index in [1.165, 1.54) is 10.6 Å². The van der Waals surface area contributed by atoms with E-state index in [0.29, 0.717) is 30.8 Å². The van der Waals surface area contributed by atoms with Gasteiger partial charge in [-0.05, 0) is 42.0 Å². The molecule has 0 bridgehead atoms. The number of hydrogen-bond donors (Lipinski definition) is 2. The Balaban J connectivity index is 1.65. The second-order valence-electron chi connectivity index (χ2n) is 9.99. The highest BCUT2D eigenvalue weighted by Gasteiger charge is 2.45. The van der Waals surface area contributed by atoms with Gasteiger partial charge in [-0.15, -0.1) is 0 Å². The summed E-state index contributed by atoms with van der Waals surface area (Å²) >= 11 is 0. The fourth-order valence-corrected chi connectivity index (χ4v) is 6.12. The molecular weight excluding hydrogens is 402 g/mol. The summed E-state index contributed by atoms with van der Waals surface area (Å²) in [6.07, 6.45) is 2.51. The third kappa shape index (κ3) is 3.46. The molecule has 1 aromatic heterocycles. The van der Waals surface area contributed by atoms with Crippen LogP contribution < -0.4 is 5.32 Å². The maximum Gasteiger partial charge on any atom is 0.251 e. The smallest absolute Gasteiger partial charge is 0.251 e. The van der Waals surface area contributed by atoms with Crippen molar-refractivity contribution in [3.63, 3.8) is 0 Å². The number of amides is 1. The van der Waals surface area contributed by atoms with Crippen LogP contribution in [0.2, 0.25) is 0 Å². The van der Waals surface area contributed by atoms with Crippen molar-refractivity contribution in [2.75, 3.05) is 19.3 Å². The third-order valence-corrected chi connectivity index (χ3v) is 7.69. The number of aromatic amines is 1. The van der Waals surface area contributed by atoms with Gasteiger partial charge >= 0.3 is 0 Å². The summed E-state index contributed by atoms with van der Waals surface area (Å²) in [6.45, 7) is 8.94. The fourth-order valence-electron chi connectivity index (χ4n) is 5.23. The van der Waals surface area contributed by atoms with E-state index in [2.05, 4.69) is 24.1 Å². The summed E-state index contributed by atoms with van der Waals surface area (Å²) in [4.78, 5) is 29.1. The molecule has 2 heterocycles. The molecule has 0 saturated carbocycles. The largest absolute Gasteiger partial charge is 0.352 e. The number of carbonyl (C=O) groups excluding carboxylic acids is 2. The molecule has 1 aliphatic carbocycles. The van der Waals surface area contributed by atoms with Crippen molar-refractivity contribution in [3.8, 4) is 0 Å². The third-order valence-electron chi connectivity index (χ3n) is 6.42. The Kier molecular flexibility index (Phi) is 4.67. The monoisotopic (exact) mass is 431 g/mol. The van der Waals surface area contributed by atoms with Crippen molar-refractivity contribution >= 4 is 32.6 Å². The Bertz CT molecular complexity index is 1160. The van der Waals surface area contributed by atoms with E-state index in [9.17, 15) is 18.0 Å². The number of sulfonamides is 1. The highest BCUT2D eigenvalue weighted by atomic mass is 32.2. The molecule has 8 heteroatoms. The molecule has 162 valence electrons. The molecular formula is C22H29N3O4S. The van der Waals surface area contributed by atoms with Crippen LogP contribution in [0, 0.1) is 5.41 Å². The summed E-state index contributed by atoms with van der Waals surface area (Å²) in [5.41, 5.74) is 2.33. The van der Waals surface area contributed by atoms with Gasteiger partial charge < -0.3 is 10.3 Å². The number of aromatic nitrogens is 1. The van der Waals surface area contributed by atoms with Crippen LogP contribution in [0.25, 0.3) is 10.9 Å². The molecule has 1 atom stereocenters. The first-order valence-electron chi connectivity index (χ1n) is 10.3. The Labute approximate surface area is 177 Å². The van der Waals surface area contributed by atoms with Crippen LogP contribution in [0.1, 0.15) is 66.9 Å². The zero-order valence-electron chi connectivity index (χ0n) is 18.1. The van der Waals surface area contributed by atoms with E-state index in [0.717, 1.165) is 22.9 Å². The van der Waals surface area contributed by atoms with Gasteiger partial charge in [0.05, 0.1) is 11.9 Å². The van der Waals surface area contributed by atoms with Crippen LogP contribution in [0.3, 0.4) is 0 Å². The average molecular weight is 432 g/mol. The fraction of sp³-hybridized carbons (Fsp3) is 0.545. The van der Waals surface area contributed by atoms with Crippen LogP contribution >= 0.6 is 0 Å². The number of ketones is 1. The van der Waals surface area contributed by atoms with E-state index in [1.54, 1.807) is 6.07 Å². The van der Waals surface area contributed by atoms with Crippen LogP contribution in [-0.2, 0) is 15.4 Å². The molecule has 30 heavy (non-hydrogen) atoms. The number of hydrogen-bond acceptors (Lipinski definition) is 4. The predicted octanol–water partition coefficient (Wildman–Crippen LogP) is 2.82. The van der Waals surface area contributed by atoms with Crippen molar-refractivity contribution in [2.24, 2.45) is 5.41 Å². The lowest BCUT2D eigenvalue weighted by atomic mass is 9.63. The van der Waals surface area contributed by atoms with Gasteiger partial charge in [0.25, 0.3) is 5.91 Å². The lowest BCUT2D eigenvalue weighted by Crippen LogP contribution is -2.39. The maximum atomic E-state index is 13.0. The number of fused-ring (bicyclic) bond motifs is 3. The second-order valence-corrected chi connectivity index (χ2v) is 12.0. The minimum Gasteiger partial charge on any atom is -0.352 e. The standard InChI is InChI=1S/C22H29N3O4S/c1-21(2)12-22(3,4)19(26)18-17(21)15-10-13(6-7-16(15)24-18)20(27)23-14-8-9-25(11-14)30(5,28)29/h6-7,10,14,24H,8-9,11-12H2,1-5H3,(H,23,27). The van der Waals surface area contributed by atoms with E-state index in [-0.39, 0.29) is 23.1 Å². The Morgan fingerprint density at radius 2 is 1.90 bits per heavy atom. The molecule has 2 aliphatic rings. The summed E-state index contributed by atoms with van der Waals surface area (Å²) in [7, 11) is -3.25. The number of carbonyl (C=O) groups is 2. The van der Waals surface area contributed by atoms with Crippen LogP contribution in [0.4, 0.5) is 0 Å². The van der Waals surface area contributed by atoms with E-state index in [4.69, 9.17) is 0 Å². The predicted molar refractivity (Wildman–Crippen MR) is 116 cm³/mol. The SMILES string of the molecule is CC1(C)CC(C)(C)c2c([nH]c3ccc(C(=O)NC4CCN(S(C)(=O)=O)C4)cc23)C1=O. The van der Waals surface area contributed by atoms with Crippen LogP contribution in [-0.4, -0.2) is 54.8 Å². The van der Waals surface area contributed by atoms with Gasteiger partial charge in [0.1, 0.15) is 0 Å². The van der Waals surface area contributed by atoms with Gasteiger partial charge in [-0.1, -0.05) is 27.7 Å². The number of nitrogens with one attached hydrogen (secondary N) is 2. The first-order chi connectivity index (χ1) is 13.8. The highest BCUT2D eigenvalue weighted by molar-refractivity contribution is 7.88. The van der Waals surface area contributed by atoms with E-state index >= 15 is 0 Å². The molecule has 1 amide bonds. The molecule has 4 rings (SSSR count). The lowest BCUT2D eigenvalue weighted by Gasteiger charge is -2.39. The van der Waals surface area contributed by atoms with Crippen molar-refractivity contribution in [1.82, 2.24) is 14.6 Å². The molecule has 7 nitrogen and oxygen atoms in total. The minimum atomic E-state index is -3.25. The molecule has 1 aliphatic heterocycles. The molecule has 0 spiro atoms. The molecule has 2 aromatic rings. The van der Waals surface area contributed by atoms with Crippen molar-refractivity contribution in [1.29, 1.82) is 0 Å². The Hall–Kier alpha value is -2.19. The number of Topliss-reactive ketones (excluding diaryl/α,β-unsaturated/α-hetero) is 1. The summed E-state index contributed by atoms with van der Waals surface area (Å²) in [6, 6.07) is 5.22. The quantitative estimate of drug-likeness (QED) is 0.781. The minimum absolute atomic E-state index is 0.103. The highest BCUT2D eigenvalue weighted by Crippen LogP contribution is 2.48. The zero-order valence-corrected chi connectivity index (χ0v) is 18.9. The molecule has 1 unspecified atom stereocenters. The van der Waals surface area contributed by atoms with Gasteiger partial charge in [-0.3, -0.25) is 9.59 Å². The maximum absolute atomic E-state index is 13.0. The second kappa shape index (κ2) is 6.65. The number of nitrogens with zero attached hydrogens (tertiary/aromatic N) is 1. The van der Waals surface area contributed by atoms with Gasteiger partial charge in [0.2, 0.25) is 10.0 Å². The number of rotatable bonds is 3. The topological polar surface area (TPSA) is 99.3 Å². The Morgan fingerprint density at radius 1 is 1.20 bits per heavy atom.